The second-order valence-electron chi connectivity index (χ2n) is 10.9. The van der Waals surface area contributed by atoms with Gasteiger partial charge in [-0.05, 0) is 35.4 Å². The number of halogens is 5. The maximum Gasteiger partial charge on any atom is 0.433 e. The molecule has 40 heavy (non-hydrogen) atoms. The van der Waals surface area contributed by atoms with E-state index in [-0.39, 0.29) is 83.3 Å². The Labute approximate surface area is 244 Å². The molecule has 13 heteroatoms. The van der Waals surface area contributed by atoms with Gasteiger partial charge in [0.1, 0.15) is 5.69 Å². The molecular weight excluding hydrogens is 588 g/mol. The molecule has 2 aromatic heterocycles. The zero-order chi connectivity index (χ0) is 27.1. The van der Waals surface area contributed by atoms with Crippen molar-refractivity contribution in [3.8, 4) is 11.3 Å². The van der Waals surface area contributed by atoms with E-state index in [0.717, 1.165) is 16.3 Å². The molecule has 0 bridgehead atoms. The van der Waals surface area contributed by atoms with Gasteiger partial charge in [-0.1, -0.05) is 32.0 Å². The number of alkyl halides is 3. The first-order valence-electron chi connectivity index (χ1n) is 12.4. The van der Waals surface area contributed by atoms with Gasteiger partial charge in [0.05, 0.1) is 35.7 Å². The topological polar surface area (TPSA) is 91.4 Å². The minimum atomic E-state index is -4.69. The van der Waals surface area contributed by atoms with Gasteiger partial charge in [0.25, 0.3) is 5.91 Å². The highest BCUT2D eigenvalue weighted by atomic mass is 35.5. The number of nitrogens with one attached hydrogen (secondary N) is 2. The lowest BCUT2D eigenvalue weighted by atomic mass is 9.98. The number of carbonyl (C=O) groups excluding carboxylic acids is 3. The molecule has 2 unspecified atom stereocenters. The first-order chi connectivity index (χ1) is 17.9. The number of thiophene rings is 1. The van der Waals surface area contributed by atoms with Crippen LogP contribution in [0.25, 0.3) is 21.3 Å². The number of carbonyl (C=O) groups is 3. The van der Waals surface area contributed by atoms with Crippen molar-refractivity contribution in [1.82, 2.24) is 20.5 Å². The average molecular weight is 616 g/mol. The Bertz CT molecular complexity index is 1510. The summed E-state index contributed by atoms with van der Waals surface area (Å²) in [5.41, 5.74) is -0.756. The van der Waals surface area contributed by atoms with Gasteiger partial charge in [0.2, 0.25) is 11.8 Å². The van der Waals surface area contributed by atoms with Crippen molar-refractivity contribution < 1.29 is 27.6 Å². The predicted molar refractivity (Wildman–Crippen MR) is 150 cm³/mol. The van der Waals surface area contributed by atoms with Crippen LogP contribution in [-0.4, -0.2) is 46.7 Å². The number of fused-ring (bicyclic) bond motifs is 2. The van der Waals surface area contributed by atoms with Crippen LogP contribution in [0.1, 0.15) is 40.3 Å². The highest BCUT2D eigenvalue weighted by molar-refractivity contribution is 7.19. The molecule has 3 fully saturated rings. The van der Waals surface area contributed by atoms with Gasteiger partial charge in [-0.2, -0.15) is 13.2 Å². The van der Waals surface area contributed by atoms with E-state index in [0.29, 0.717) is 23.4 Å². The van der Waals surface area contributed by atoms with Crippen LogP contribution in [0.15, 0.2) is 30.3 Å². The Morgan fingerprint density at radius 1 is 1.15 bits per heavy atom. The van der Waals surface area contributed by atoms with Gasteiger partial charge < -0.3 is 10.6 Å². The summed E-state index contributed by atoms with van der Waals surface area (Å²) in [7, 11) is 0. The fourth-order valence-electron chi connectivity index (χ4n) is 5.64. The van der Waals surface area contributed by atoms with E-state index in [4.69, 9.17) is 0 Å². The van der Waals surface area contributed by atoms with Crippen LogP contribution < -0.4 is 10.6 Å². The molecule has 2 saturated heterocycles. The molecular formula is C27H27Cl2F3N4O3S. The molecule has 6 rings (SSSR count). The Hall–Kier alpha value is -2.73. The first kappa shape index (κ1) is 30.2. The third-order valence-corrected chi connectivity index (χ3v) is 9.08. The van der Waals surface area contributed by atoms with Gasteiger partial charge >= 0.3 is 6.18 Å². The Balaban J connectivity index is 0.00000185. The third kappa shape index (κ3) is 4.76. The van der Waals surface area contributed by atoms with Crippen molar-refractivity contribution in [1.29, 1.82) is 0 Å². The minimum Gasteiger partial charge on any atom is -0.347 e. The van der Waals surface area contributed by atoms with Crippen LogP contribution in [0.4, 0.5) is 13.2 Å². The third-order valence-electron chi connectivity index (χ3n) is 7.91. The van der Waals surface area contributed by atoms with Crippen molar-refractivity contribution in [3.05, 3.63) is 52.0 Å². The van der Waals surface area contributed by atoms with Gasteiger partial charge in [-0.25, -0.2) is 4.98 Å². The quantitative estimate of drug-likeness (QED) is 0.396. The molecule has 1 saturated carbocycles. The maximum absolute atomic E-state index is 13.7. The van der Waals surface area contributed by atoms with Crippen LogP contribution in [0, 0.1) is 24.2 Å². The van der Waals surface area contributed by atoms with E-state index in [1.165, 1.54) is 23.2 Å². The molecule has 3 aromatic rings. The highest BCUT2D eigenvalue weighted by Crippen LogP contribution is 2.63. The van der Waals surface area contributed by atoms with Crippen molar-refractivity contribution >= 4 is 64.0 Å². The minimum absolute atomic E-state index is 0. The van der Waals surface area contributed by atoms with Crippen LogP contribution in [0.5, 0.6) is 0 Å². The molecule has 3 amide bonds. The lowest BCUT2D eigenvalue weighted by molar-refractivity contribution is -0.144. The van der Waals surface area contributed by atoms with Gasteiger partial charge in [0, 0.05) is 28.2 Å². The Kier molecular flexibility index (Phi) is 7.77. The summed E-state index contributed by atoms with van der Waals surface area (Å²) in [5, 5.41) is 6.65. The molecule has 2 aliphatic heterocycles. The van der Waals surface area contributed by atoms with E-state index < -0.39 is 17.8 Å². The van der Waals surface area contributed by atoms with Crippen LogP contribution in [-0.2, 0) is 22.3 Å². The number of likely N-dealkylation sites (tertiary alicyclic amines) is 1. The van der Waals surface area contributed by atoms with Gasteiger partial charge in [-0.3, -0.25) is 19.3 Å². The Morgan fingerprint density at radius 2 is 1.80 bits per heavy atom. The summed E-state index contributed by atoms with van der Waals surface area (Å²) in [6.07, 6.45) is -4.69. The maximum atomic E-state index is 13.7. The molecule has 2 atom stereocenters. The zero-order valence-corrected chi connectivity index (χ0v) is 24.2. The van der Waals surface area contributed by atoms with Crippen LogP contribution >= 0.6 is 36.2 Å². The molecule has 7 nitrogen and oxygen atoms in total. The van der Waals surface area contributed by atoms with E-state index in [1.54, 1.807) is 12.1 Å². The van der Waals surface area contributed by atoms with E-state index in [9.17, 15) is 27.6 Å². The molecule has 3 aliphatic rings. The van der Waals surface area contributed by atoms with Crippen molar-refractivity contribution in [2.45, 2.75) is 39.5 Å². The summed E-state index contributed by atoms with van der Waals surface area (Å²) >= 11 is 1.29. The summed E-state index contributed by atoms with van der Waals surface area (Å²) in [5.74, 6) is -1.41. The van der Waals surface area contributed by atoms with E-state index >= 15 is 0 Å². The largest absolute Gasteiger partial charge is 0.433 e. The summed E-state index contributed by atoms with van der Waals surface area (Å²) in [4.78, 5) is 44.8. The number of pyridine rings is 1. The van der Waals surface area contributed by atoms with Crippen LogP contribution in [0.3, 0.4) is 0 Å². The molecule has 4 heterocycles. The smallest absolute Gasteiger partial charge is 0.347 e. The number of rotatable bonds is 5. The number of benzene rings is 1. The summed E-state index contributed by atoms with van der Waals surface area (Å²) in [6, 6.07) is 7.79. The van der Waals surface area contributed by atoms with Gasteiger partial charge in [-0.15, -0.1) is 36.2 Å². The SMILES string of the molecule is Cc1cc(C(F)(F)F)nc(-c2cccc3cc(CN4C(=O)C5C(C4=O)C5(C)C)sc23)c1C(=O)NC1CNC1.Cl.Cl. The van der Waals surface area contributed by atoms with E-state index in [2.05, 4.69) is 15.6 Å². The zero-order valence-electron chi connectivity index (χ0n) is 21.7. The summed E-state index contributed by atoms with van der Waals surface area (Å²) in [6.45, 7) is 6.60. The fraction of sp³-hybridized carbons (Fsp3) is 0.407. The monoisotopic (exact) mass is 614 g/mol. The van der Waals surface area contributed by atoms with Crippen molar-refractivity contribution in [2.24, 2.45) is 17.3 Å². The number of aromatic nitrogens is 1. The normalized spacial score (nSPS) is 21.4. The van der Waals surface area contributed by atoms with Crippen LogP contribution in [0.2, 0.25) is 0 Å². The van der Waals surface area contributed by atoms with E-state index in [1.807, 2.05) is 26.0 Å². The summed E-state index contributed by atoms with van der Waals surface area (Å²) < 4.78 is 41.9. The average Bonchev–Trinajstić information content (AvgIpc) is 3.06. The lowest BCUT2D eigenvalue weighted by Crippen LogP contribution is -2.57. The Morgan fingerprint density at radius 3 is 2.38 bits per heavy atom. The van der Waals surface area contributed by atoms with Crippen molar-refractivity contribution in [3.63, 3.8) is 0 Å². The van der Waals surface area contributed by atoms with Gasteiger partial charge in [0.15, 0.2) is 0 Å². The molecule has 1 aliphatic carbocycles. The molecule has 2 N–H and O–H groups in total. The molecule has 0 radical (unpaired) electrons. The molecule has 0 spiro atoms. The number of hydrogen-bond donors (Lipinski definition) is 2. The van der Waals surface area contributed by atoms with Crippen molar-refractivity contribution in [2.75, 3.05) is 13.1 Å². The molecule has 214 valence electrons. The number of hydrogen-bond acceptors (Lipinski definition) is 6. The molecule has 1 aromatic carbocycles. The standard InChI is InChI=1S/C27H25F3N4O3S.2ClH/c1-12-7-17(27(28,29)30)33-21(18(12)23(35)32-14-9-31-10-14)16-6-4-5-13-8-15(38-22(13)16)11-34-24(36)19-20(25(34)37)26(19,2)3;;/h4-8,14,19-20,31H,9-11H2,1-3H3,(H,32,35);2*1H. The first-order valence-corrected chi connectivity index (χ1v) is 13.2. The number of amides is 3. The highest BCUT2D eigenvalue weighted by Gasteiger charge is 2.72. The number of piperidine rings is 1. The number of imide groups is 1. The fourth-order valence-corrected chi connectivity index (χ4v) is 6.81. The second-order valence-corrected chi connectivity index (χ2v) is 12.0. The second kappa shape index (κ2) is 10.3. The predicted octanol–water partition coefficient (Wildman–Crippen LogP) is 4.98. The lowest BCUT2D eigenvalue weighted by Gasteiger charge is -2.28. The number of aryl methyl sites for hydroxylation is 1. The number of nitrogens with zero attached hydrogens (tertiary/aromatic N) is 2.